The van der Waals surface area contributed by atoms with E-state index in [1.807, 2.05) is 18.2 Å². The van der Waals surface area contributed by atoms with Gasteiger partial charge < -0.3 is 9.84 Å². The normalized spacial score (nSPS) is 28.3. The van der Waals surface area contributed by atoms with Crippen LogP contribution in [0.15, 0.2) is 48.5 Å². The third-order valence-electron chi connectivity index (χ3n) is 6.05. The van der Waals surface area contributed by atoms with E-state index in [2.05, 4.69) is 17.0 Å². The largest absolute Gasteiger partial charge is 0.416 e. The molecule has 2 aromatic rings. The lowest BCUT2D eigenvalue weighted by Gasteiger charge is -2.52. The summed E-state index contributed by atoms with van der Waals surface area (Å²) >= 11 is 0. The fraction of sp³-hybridized carbons (Fsp3) is 0.455. The Morgan fingerprint density at radius 2 is 1.68 bits per heavy atom. The first-order valence-electron chi connectivity index (χ1n) is 9.55. The topological polar surface area (TPSA) is 32.7 Å². The van der Waals surface area contributed by atoms with E-state index < -0.39 is 17.3 Å². The Labute approximate surface area is 162 Å². The Hall–Kier alpha value is -1.89. The van der Waals surface area contributed by atoms with Crippen LogP contribution in [0.25, 0.3) is 0 Å². The maximum absolute atomic E-state index is 13.3. The molecule has 0 amide bonds. The second-order valence-corrected chi connectivity index (χ2v) is 7.92. The molecule has 0 saturated carbocycles. The molecule has 1 N–H and O–H groups in total. The lowest BCUT2D eigenvalue weighted by molar-refractivity contribution is -0.150. The van der Waals surface area contributed by atoms with Crippen LogP contribution in [0.3, 0.4) is 0 Å². The first-order chi connectivity index (χ1) is 13.3. The van der Waals surface area contributed by atoms with Gasteiger partial charge >= 0.3 is 6.18 Å². The summed E-state index contributed by atoms with van der Waals surface area (Å²) in [5.41, 5.74) is -0.268. The SMILES string of the molecule is Cc1c(C(F)(F)F)cccc1C1(O)CC2COCC(C1)N2Cc1ccccc1. The second-order valence-electron chi connectivity index (χ2n) is 7.92. The van der Waals surface area contributed by atoms with Crippen LogP contribution in [0.4, 0.5) is 13.2 Å². The van der Waals surface area contributed by atoms with E-state index in [1.54, 1.807) is 6.07 Å². The van der Waals surface area contributed by atoms with Gasteiger partial charge in [-0.25, -0.2) is 0 Å². The molecular weight excluding hydrogens is 367 g/mol. The average Bonchev–Trinajstić information content (AvgIpc) is 2.63. The molecule has 4 rings (SSSR count). The number of aliphatic hydroxyl groups is 1. The van der Waals surface area contributed by atoms with Crippen molar-refractivity contribution in [1.82, 2.24) is 4.90 Å². The Morgan fingerprint density at radius 1 is 1.04 bits per heavy atom. The minimum atomic E-state index is -4.43. The summed E-state index contributed by atoms with van der Waals surface area (Å²) in [7, 11) is 0. The number of alkyl halides is 3. The highest BCUT2D eigenvalue weighted by Crippen LogP contribution is 2.44. The molecule has 28 heavy (non-hydrogen) atoms. The number of benzene rings is 2. The standard InChI is InChI=1S/C22H24F3NO2/c1-15-19(8-5-9-20(15)22(23,24)25)21(27)10-17-13-28-14-18(11-21)26(17)12-16-6-3-2-4-7-16/h2-9,17-18,27H,10-14H2,1H3. The Morgan fingerprint density at radius 3 is 2.29 bits per heavy atom. The molecule has 3 nitrogen and oxygen atoms in total. The Balaban J connectivity index is 1.63. The summed E-state index contributed by atoms with van der Waals surface area (Å²) in [5.74, 6) is 0. The lowest BCUT2D eigenvalue weighted by Crippen LogP contribution is -2.60. The molecule has 0 spiro atoms. The maximum Gasteiger partial charge on any atom is 0.416 e. The van der Waals surface area contributed by atoms with Crippen molar-refractivity contribution in [2.24, 2.45) is 0 Å². The van der Waals surface area contributed by atoms with Gasteiger partial charge in [0.1, 0.15) is 0 Å². The van der Waals surface area contributed by atoms with Crippen LogP contribution >= 0.6 is 0 Å². The molecule has 2 aliphatic rings. The number of halogens is 3. The molecule has 2 aromatic carbocycles. The van der Waals surface area contributed by atoms with Gasteiger partial charge in [-0.1, -0.05) is 42.5 Å². The van der Waals surface area contributed by atoms with Crippen molar-refractivity contribution in [2.45, 2.75) is 50.2 Å². The van der Waals surface area contributed by atoms with Gasteiger partial charge in [0.05, 0.1) is 24.4 Å². The predicted molar refractivity (Wildman–Crippen MR) is 99.7 cm³/mol. The van der Waals surface area contributed by atoms with Gasteiger partial charge in [0, 0.05) is 18.6 Å². The Bertz CT molecular complexity index is 823. The monoisotopic (exact) mass is 391 g/mol. The van der Waals surface area contributed by atoms with E-state index >= 15 is 0 Å². The zero-order valence-electron chi connectivity index (χ0n) is 15.7. The first-order valence-corrected chi connectivity index (χ1v) is 9.55. The molecule has 2 atom stereocenters. The van der Waals surface area contributed by atoms with Crippen molar-refractivity contribution in [1.29, 1.82) is 0 Å². The molecule has 2 fully saturated rings. The minimum Gasteiger partial charge on any atom is -0.385 e. The van der Waals surface area contributed by atoms with Crippen LogP contribution < -0.4 is 0 Å². The van der Waals surface area contributed by atoms with Crippen LogP contribution in [0, 0.1) is 6.92 Å². The van der Waals surface area contributed by atoms with E-state index in [0.717, 1.165) is 12.6 Å². The molecule has 2 saturated heterocycles. The van der Waals surface area contributed by atoms with Gasteiger partial charge in [-0.2, -0.15) is 13.2 Å². The number of hydrogen-bond donors (Lipinski definition) is 1. The average molecular weight is 391 g/mol. The zero-order valence-corrected chi connectivity index (χ0v) is 15.7. The fourth-order valence-electron chi connectivity index (χ4n) is 4.76. The molecule has 2 bridgehead atoms. The summed E-state index contributed by atoms with van der Waals surface area (Å²) in [6, 6.07) is 14.1. The number of hydrogen-bond acceptors (Lipinski definition) is 3. The smallest absolute Gasteiger partial charge is 0.385 e. The van der Waals surface area contributed by atoms with Gasteiger partial charge in [-0.15, -0.1) is 0 Å². The summed E-state index contributed by atoms with van der Waals surface area (Å²) in [6.07, 6.45) is -3.71. The van der Waals surface area contributed by atoms with Crippen LogP contribution in [0.2, 0.25) is 0 Å². The molecular formula is C22H24F3NO2. The summed E-state index contributed by atoms with van der Waals surface area (Å²) in [5, 5.41) is 11.5. The van der Waals surface area contributed by atoms with Crippen LogP contribution in [0.1, 0.15) is 35.1 Å². The molecule has 0 aliphatic carbocycles. The molecule has 2 aliphatic heterocycles. The molecule has 2 heterocycles. The number of nitrogens with zero attached hydrogens (tertiary/aromatic N) is 1. The highest BCUT2D eigenvalue weighted by Gasteiger charge is 2.48. The van der Waals surface area contributed by atoms with Crippen molar-refractivity contribution in [3.05, 3.63) is 70.8 Å². The molecule has 0 aromatic heterocycles. The van der Waals surface area contributed by atoms with Crippen molar-refractivity contribution >= 4 is 0 Å². The molecule has 150 valence electrons. The first kappa shape index (κ1) is 19.4. The van der Waals surface area contributed by atoms with Crippen molar-refractivity contribution < 1.29 is 23.0 Å². The van der Waals surface area contributed by atoms with Crippen molar-refractivity contribution in [2.75, 3.05) is 13.2 Å². The van der Waals surface area contributed by atoms with E-state index in [4.69, 9.17) is 4.74 Å². The third kappa shape index (κ3) is 3.56. The molecule has 6 heteroatoms. The molecule has 2 unspecified atom stereocenters. The van der Waals surface area contributed by atoms with E-state index in [-0.39, 0.29) is 17.6 Å². The lowest BCUT2D eigenvalue weighted by atomic mass is 9.74. The van der Waals surface area contributed by atoms with E-state index in [0.29, 0.717) is 31.6 Å². The summed E-state index contributed by atoms with van der Waals surface area (Å²) in [6.45, 7) is 3.16. The second kappa shape index (κ2) is 7.17. The zero-order chi connectivity index (χ0) is 19.9. The van der Waals surface area contributed by atoms with Gasteiger partial charge in [0.25, 0.3) is 0 Å². The minimum absolute atomic E-state index is 0.0355. The quantitative estimate of drug-likeness (QED) is 0.849. The van der Waals surface area contributed by atoms with Crippen molar-refractivity contribution in [3.63, 3.8) is 0 Å². The third-order valence-corrected chi connectivity index (χ3v) is 6.05. The summed E-state index contributed by atoms with van der Waals surface area (Å²) in [4.78, 5) is 2.33. The molecule has 0 radical (unpaired) electrons. The van der Waals surface area contributed by atoms with Crippen LogP contribution in [0.5, 0.6) is 0 Å². The van der Waals surface area contributed by atoms with Crippen molar-refractivity contribution in [3.8, 4) is 0 Å². The number of rotatable bonds is 3. The summed E-state index contributed by atoms with van der Waals surface area (Å²) < 4.78 is 45.7. The number of morpholine rings is 1. The van der Waals surface area contributed by atoms with E-state index in [1.165, 1.54) is 18.6 Å². The predicted octanol–water partition coefficient (Wildman–Crippen LogP) is 4.26. The van der Waals surface area contributed by atoms with Crippen LogP contribution in [-0.2, 0) is 23.1 Å². The van der Waals surface area contributed by atoms with Gasteiger partial charge in [0.2, 0.25) is 0 Å². The van der Waals surface area contributed by atoms with Gasteiger partial charge in [-0.05, 0) is 42.5 Å². The van der Waals surface area contributed by atoms with Crippen LogP contribution in [-0.4, -0.2) is 35.3 Å². The van der Waals surface area contributed by atoms with Gasteiger partial charge in [0.15, 0.2) is 0 Å². The number of fused-ring (bicyclic) bond motifs is 2. The fourth-order valence-corrected chi connectivity index (χ4v) is 4.76. The Kier molecular flexibility index (Phi) is 4.98. The number of piperidine rings is 1. The maximum atomic E-state index is 13.3. The highest BCUT2D eigenvalue weighted by molar-refractivity contribution is 5.40. The number of ether oxygens (including phenoxy) is 1. The van der Waals surface area contributed by atoms with E-state index in [9.17, 15) is 18.3 Å². The van der Waals surface area contributed by atoms with Gasteiger partial charge in [-0.3, -0.25) is 4.90 Å². The highest BCUT2D eigenvalue weighted by atomic mass is 19.4.